The van der Waals surface area contributed by atoms with E-state index in [4.69, 9.17) is 0 Å². The van der Waals surface area contributed by atoms with E-state index < -0.39 is 12.7 Å². The maximum absolute atomic E-state index is 13.8. The lowest BCUT2D eigenvalue weighted by atomic mass is 10.0. The van der Waals surface area contributed by atoms with Gasteiger partial charge in [-0.25, -0.2) is 4.39 Å². The third-order valence-corrected chi connectivity index (χ3v) is 3.02. The smallest absolute Gasteiger partial charge is 0.367 e. The van der Waals surface area contributed by atoms with E-state index in [1.165, 1.54) is 6.07 Å². The van der Waals surface area contributed by atoms with Crippen molar-refractivity contribution in [2.75, 3.05) is 13.7 Å². The summed E-state index contributed by atoms with van der Waals surface area (Å²) in [5, 5.41) is 5.48. The van der Waals surface area contributed by atoms with Crippen LogP contribution in [0, 0.1) is 5.82 Å². The molecule has 1 heterocycles. The van der Waals surface area contributed by atoms with Gasteiger partial charge in [0.2, 0.25) is 0 Å². The van der Waals surface area contributed by atoms with Crippen molar-refractivity contribution in [1.82, 2.24) is 10.6 Å². The topological polar surface area (TPSA) is 33.3 Å². The molecule has 0 aliphatic carbocycles. The Labute approximate surface area is 109 Å². The number of hydrogen-bond donors (Lipinski definition) is 2. The van der Waals surface area contributed by atoms with Crippen molar-refractivity contribution in [1.29, 1.82) is 0 Å². The van der Waals surface area contributed by atoms with Gasteiger partial charge in [0.15, 0.2) is 0 Å². The molecule has 104 valence electrons. The molecule has 0 unspecified atom stereocenters. The number of alkyl halides is 2. The molecular formula is C13H15F3N2O. The second-order valence-electron chi connectivity index (χ2n) is 4.38. The van der Waals surface area contributed by atoms with Crippen LogP contribution in [0.3, 0.4) is 0 Å². The van der Waals surface area contributed by atoms with Crippen molar-refractivity contribution >= 4 is 5.70 Å². The molecule has 0 atom stereocenters. The molecule has 1 aromatic rings. The van der Waals surface area contributed by atoms with E-state index in [1.807, 2.05) is 0 Å². The largest absolute Gasteiger partial charge is 0.381 e. The van der Waals surface area contributed by atoms with Gasteiger partial charge < -0.3 is 15.4 Å². The first-order valence-corrected chi connectivity index (χ1v) is 5.81. The zero-order valence-corrected chi connectivity index (χ0v) is 10.5. The van der Waals surface area contributed by atoms with Crippen molar-refractivity contribution in [2.45, 2.75) is 19.2 Å². The van der Waals surface area contributed by atoms with Gasteiger partial charge in [-0.1, -0.05) is 6.58 Å². The molecule has 3 nitrogen and oxygen atoms in total. The molecule has 6 heteroatoms. The van der Waals surface area contributed by atoms with Gasteiger partial charge in [0.25, 0.3) is 0 Å². The monoisotopic (exact) mass is 272 g/mol. The van der Waals surface area contributed by atoms with Crippen molar-refractivity contribution in [2.24, 2.45) is 0 Å². The summed E-state index contributed by atoms with van der Waals surface area (Å²) in [4.78, 5) is 0. The number of methoxy groups -OCH3 is 1. The Morgan fingerprint density at radius 3 is 2.89 bits per heavy atom. The lowest BCUT2D eigenvalue weighted by Gasteiger charge is -2.15. The van der Waals surface area contributed by atoms with Crippen LogP contribution in [0.5, 0.6) is 0 Å². The standard InChI is InChI=1S/C13H15F3N2O/c1-8-10-3-9(4-12(14)11(10)6-18-8)5-17-7-13(15,16)19-2/h3-4,17-18H,1,5-7H2,2H3. The summed E-state index contributed by atoms with van der Waals surface area (Å²) in [5.41, 5.74) is 2.51. The predicted octanol–water partition coefficient (Wildman–Crippen LogP) is 2.23. The van der Waals surface area contributed by atoms with Crippen LogP contribution in [0.1, 0.15) is 16.7 Å². The fourth-order valence-corrected chi connectivity index (χ4v) is 1.96. The van der Waals surface area contributed by atoms with Gasteiger partial charge in [0.1, 0.15) is 5.82 Å². The normalized spacial score (nSPS) is 14.4. The highest BCUT2D eigenvalue weighted by atomic mass is 19.3. The summed E-state index contributed by atoms with van der Waals surface area (Å²) in [5.74, 6) is -0.348. The van der Waals surface area contributed by atoms with Gasteiger partial charge in [-0.15, -0.1) is 0 Å². The highest BCUT2D eigenvalue weighted by Crippen LogP contribution is 2.27. The van der Waals surface area contributed by atoms with Crippen LogP contribution in [0.25, 0.3) is 5.70 Å². The summed E-state index contributed by atoms with van der Waals surface area (Å²) in [6.07, 6.45) is -3.22. The van der Waals surface area contributed by atoms with Crippen LogP contribution in [-0.4, -0.2) is 19.8 Å². The Bertz CT molecular complexity index is 503. The molecule has 0 bridgehead atoms. The van der Waals surface area contributed by atoms with Crippen LogP contribution in [0.4, 0.5) is 13.2 Å². The van der Waals surface area contributed by atoms with E-state index in [0.717, 1.165) is 7.11 Å². The summed E-state index contributed by atoms with van der Waals surface area (Å²) in [6.45, 7) is 3.70. The molecule has 0 aromatic heterocycles. The maximum Gasteiger partial charge on any atom is 0.367 e. The van der Waals surface area contributed by atoms with Crippen LogP contribution in [0.15, 0.2) is 18.7 Å². The summed E-state index contributed by atoms with van der Waals surface area (Å²) >= 11 is 0. The van der Waals surface area contributed by atoms with Crippen molar-refractivity contribution < 1.29 is 17.9 Å². The van der Waals surface area contributed by atoms with Gasteiger partial charge in [-0.3, -0.25) is 0 Å². The third-order valence-electron chi connectivity index (χ3n) is 3.02. The molecule has 0 saturated heterocycles. The van der Waals surface area contributed by atoms with Gasteiger partial charge in [0.05, 0.1) is 6.54 Å². The van der Waals surface area contributed by atoms with Crippen molar-refractivity contribution in [3.05, 3.63) is 41.2 Å². The van der Waals surface area contributed by atoms with Gasteiger partial charge in [-0.05, 0) is 17.7 Å². The first kappa shape index (κ1) is 13.9. The second kappa shape index (κ2) is 5.22. The van der Waals surface area contributed by atoms with Crippen LogP contribution in [-0.2, 0) is 17.8 Å². The lowest BCUT2D eigenvalue weighted by molar-refractivity contribution is -0.216. The Kier molecular flexibility index (Phi) is 3.82. The zero-order chi connectivity index (χ0) is 14.0. The first-order valence-electron chi connectivity index (χ1n) is 5.81. The number of ether oxygens (including phenoxy) is 1. The Balaban J connectivity index is 2.05. The number of halogens is 3. The minimum Gasteiger partial charge on any atom is -0.381 e. The molecule has 1 aromatic carbocycles. The quantitative estimate of drug-likeness (QED) is 0.862. The molecule has 2 N–H and O–H groups in total. The third kappa shape index (κ3) is 3.08. The number of hydrogen-bond acceptors (Lipinski definition) is 3. The van der Waals surface area contributed by atoms with E-state index in [2.05, 4.69) is 21.9 Å². The molecule has 2 rings (SSSR count). The predicted molar refractivity (Wildman–Crippen MR) is 65.9 cm³/mol. The Hall–Kier alpha value is -1.53. The Morgan fingerprint density at radius 2 is 2.21 bits per heavy atom. The van der Waals surface area contributed by atoms with Gasteiger partial charge in [-0.2, -0.15) is 8.78 Å². The summed E-state index contributed by atoms with van der Waals surface area (Å²) < 4.78 is 43.4. The average Bonchev–Trinajstić information content (AvgIpc) is 2.72. The lowest BCUT2D eigenvalue weighted by Crippen LogP contribution is -2.33. The number of fused-ring (bicyclic) bond motifs is 1. The van der Waals surface area contributed by atoms with Crippen LogP contribution >= 0.6 is 0 Å². The van der Waals surface area contributed by atoms with Crippen LogP contribution < -0.4 is 10.6 Å². The summed E-state index contributed by atoms with van der Waals surface area (Å²) in [6, 6.07) is 3.09. The van der Waals surface area contributed by atoms with E-state index in [9.17, 15) is 13.2 Å². The van der Waals surface area contributed by atoms with E-state index in [0.29, 0.717) is 28.9 Å². The number of rotatable bonds is 5. The average molecular weight is 272 g/mol. The van der Waals surface area contributed by atoms with Gasteiger partial charge in [0, 0.05) is 37.0 Å². The molecule has 1 aliphatic heterocycles. The molecule has 0 fully saturated rings. The summed E-state index contributed by atoms with van der Waals surface area (Å²) in [7, 11) is 0.937. The molecule has 1 aliphatic rings. The highest BCUT2D eigenvalue weighted by molar-refractivity contribution is 5.69. The van der Waals surface area contributed by atoms with Gasteiger partial charge >= 0.3 is 6.11 Å². The van der Waals surface area contributed by atoms with E-state index in [-0.39, 0.29) is 12.4 Å². The Morgan fingerprint density at radius 1 is 1.47 bits per heavy atom. The minimum absolute atomic E-state index is 0.135. The van der Waals surface area contributed by atoms with Crippen molar-refractivity contribution in [3.8, 4) is 0 Å². The molecule has 0 saturated carbocycles. The van der Waals surface area contributed by atoms with E-state index in [1.54, 1.807) is 6.07 Å². The molecule has 0 radical (unpaired) electrons. The number of benzene rings is 1. The maximum atomic E-state index is 13.8. The fourth-order valence-electron chi connectivity index (χ4n) is 1.96. The molecule has 0 amide bonds. The minimum atomic E-state index is -3.22. The second-order valence-corrected chi connectivity index (χ2v) is 4.38. The first-order chi connectivity index (χ1) is 8.93. The highest BCUT2D eigenvalue weighted by Gasteiger charge is 2.27. The zero-order valence-electron chi connectivity index (χ0n) is 10.5. The van der Waals surface area contributed by atoms with Crippen molar-refractivity contribution in [3.63, 3.8) is 0 Å². The SMILES string of the molecule is C=C1NCc2c(F)cc(CNCC(F)(F)OC)cc21. The van der Waals surface area contributed by atoms with E-state index >= 15 is 0 Å². The fraction of sp³-hybridized carbons (Fsp3) is 0.385. The molecular weight excluding hydrogens is 257 g/mol. The molecule has 19 heavy (non-hydrogen) atoms. The number of nitrogens with one attached hydrogen (secondary N) is 2. The molecule has 0 spiro atoms. The van der Waals surface area contributed by atoms with Crippen LogP contribution in [0.2, 0.25) is 0 Å².